The number of rotatable bonds is 3. The number of amides is 1. The van der Waals surface area contributed by atoms with Gasteiger partial charge in [-0.25, -0.2) is 0 Å². The standard InChI is InChI=1S/C13H16ClN3O4/c1-20-10-3-2-8(14)6-9(10)13(18)17-4-5-21-11(7-17)12(15)16-19/h2-3,6,11,19H,4-5,7H2,1H3,(H2,15,16). The summed E-state index contributed by atoms with van der Waals surface area (Å²) in [6.07, 6.45) is -0.627. The Hall–Kier alpha value is -1.99. The van der Waals surface area contributed by atoms with Gasteiger partial charge in [0.05, 0.1) is 25.8 Å². The van der Waals surface area contributed by atoms with Crippen LogP contribution in [0.25, 0.3) is 0 Å². The van der Waals surface area contributed by atoms with E-state index in [0.29, 0.717) is 29.5 Å². The number of amidine groups is 1. The minimum Gasteiger partial charge on any atom is -0.496 e. The monoisotopic (exact) mass is 313 g/mol. The zero-order chi connectivity index (χ0) is 15.4. The van der Waals surface area contributed by atoms with Crippen LogP contribution in [-0.4, -0.2) is 54.8 Å². The number of oxime groups is 1. The van der Waals surface area contributed by atoms with Crippen molar-refractivity contribution in [2.75, 3.05) is 26.8 Å². The Morgan fingerprint density at radius 3 is 3.05 bits per heavy atom. The number of carbonyl (C=O) groups is 1. The van der Waals surface area contributed by atoms with Crippen LogP contribution in [0.4, 0.5) is 0 Å². The van der Waals surface area contributed by atoms with Gasteiger partial charge in [0, 0.05) is 11.6 Å². The van der Waals surface area contributed by atoms with Gasteiger partial charge in [-0.3, -0.25) is 4.79 Å². The van der Waals surface area contributed by atoms with E-state index in [2.05, 4.69) is 5.16 Å². The zero-order valence-electron chi connectivity index (χ0n) is 11.5. The van der Waals surface area contributed by atoms with Crippen LogP contribution < -0.4 is 10.5 Å². The number of morpholine rings is 1. The molecule has 8 heteroatoms. The Morgan fingerprint density at radius 2 is 2.38 bits per heavy atom. The van der Waals surface area contributed by atoms with Gasteiger partial charge in [-0.05, 0) is 18.2 Å². The van der Waals surface area contributed by atoms with Crippen LogP contribution in [0.5, 0.6) is 5.75 Å². The average molecular weight is 314 g/mol. The quantitative estimate of drug-likeness (QED) is 0.374. The maximum absolute atomic E-state index is 12.6. The Morgan fingerprint density at radius 1 is 1.62 bits per heavy atom. The molecule has 7 nitrogen and oxygen atoms in total. The van der Waals surface area contributed by atoms with Crippen molar-refractivity contribution in [1.82, 2.24) is 4.90 Å². The van der Waals surface area contributed by atoms with E-state index in [4.69, 9.17) is 32.0 Å². The van der Waals surface area contributed by atoms with Crippen LogP contribution in [0.3, 0.4) is 0 Å². The smallest absolute Gasteiger partial charge is 0.257 e. The summed E-state index contributed by atoms with van der Waals surface area (Å²) in [7, 11) is 1.48. The van der Waals surface area contributed by atoms with Gasteiger partial charge < -0.3 is 25.3 Å². The summed E-state index contributed by atoms with van der Waals surface area (Å²) in [5.74, 6) is 0.134. The zero-order valence-corrected chi connectivity index (χ0v) is 12.2. The maximum Gasteiger partial charge on any atom is 0.257 e. The van der Waals surface area contributed by atoms with E-state index in [1.54, 1.807) is 23.1 Å². The normalized spacial score (nSPS) is 19.4. The van der Waals surface area contributed by atoms with Crippen LogP contribution in [-0.2, 0) is 4.74 Å². The summed E-state index contributed by atoms with van der Waals surface area (Å²) < 4.78 is 10.5. The second-order valence-corrected chi connectivity index (χ2v) is 4.92. The third-order valence-corrected chi connectivity index (χ3v) is 3.43. The van der Waals surface area contributed by atoms with Crippen molar-refractivity contribution in [3.63, 3.8) is 0 Å². The number of hydrogen-bond acceptors (Lipinski definition) is 5. The van der Waals surface area contributed by atoms with Gasteiger partial charge in [0.1, 0.15) is 11.9 Å². The predicted octanol–water partition coefficient (Wildman–Crippen LogP) is 0.936. The molecule has 1 unspecified atom stereocenters. The number of carbonyl (C=O) groups excluding carboxylic acids is 1. The highest BCUT2D eigenvalue weighted by molar-refractivity contribution is 6.31. The first-order chi connectivity index (χ1) is 10.1. The fourth-order valence-corrected chi connectivity index (χ4v) is 2.27. The molecule has 0 aliphatic carbocycles. The van der Waals surface area contributed by atoms with Crippen molar-refractivity contribution in [2.45, 2.75) is 6.10 Å². The summed E-state index contributed by atoms with van der Waals surface area (Å²) in [4.78, 5) is 14.1. The second kappa shape index (κ2) is 6.64. The van der Waals surface area contributed by atoms with Crippen molar-refractivity contribution >= 4 is 23.3 Å². The number of hydrogen-bond donors (Lipinski definition) is 2. The topological polar surface area (TPSA) is 97.4 Å². The molecule has 1 aromatic rings. The summed E-state index contributed by atoms with van der Waals surface area (Å²) in [5.41, 5.74) is 5.89. The van der Waals surface area contributed by atoms with Crippen molar-refractivity contribution < 1.29 is 19.5 Å². The van der Waals surface area contributed by atoms with Gasteiger partial charge in [0.15, 0.2) is 5.84 Å². The summed E-state index contributed by atoms with van der Waals surface area (Å²) in [5, 5.41) is 12.0. The third-order valence-electron chi connectivity index (χ3n) is 3.19. The molecule has 1 heterocycles. The Balaban J connectivity index is 2.21. The number of methoxy groups -OCH3 is 1. The minimum atomic E-state index is -0.627. The van der Waals surface area contributed by atoms with E-state index in [0.717, 1.165) is 0 Å². The molecule has 1 fully saturated rings. The van der Waals surface area contributed by atoms with Gasteiger partial charge in [0.25, 0.3) is 5.91 Å². The molecule has 0 aromatic heterocycles. The fraction of sp³-hybridized carbons (Fsp3) is 0.385. The lowest BCUT2D eigenvalue weighted by atomic mass is 10.1. The number of benzene rings is 1. The lowest BCUT2D eigenvalue weighted by Crippen LogP contribution is -2.50. The van der Waals surface area contributed by atoms with Crippen LogP contribution in [0.2, 0.25) is 5.02 Å². The van der Waals surface area contributed by atoms with E-state index in [1.807, 2.05) is 0 Å². The molecule has 2 rings (SSSR count). The second-order valence-electron chi connectivity index (χ2n) is 4.48. The first-order valence-corrected chi connectivity index (χ1v) is 6.66. The first-order valence-electron chi connectivity index (χ1n) is 6.28. The van der Waals surface area contributed by atoms with Gasteiger partial charge in [-0.15, -0.1) is 0 Å². The largest absolute Gasteiger partial charge is 0.496 e. The van der Waals surface area contributed by atoms with Crippen molar-refractivity contribution in [3.05, 3.63) is 28.8 Å². The van der Waals surface area contributed by atoms with E-state index in [1.165, 1.54) is 7.11 Å². The van der Waals surface area contributed by atoms with Gasteiger partial charge in [-0.1, -0.05) is 16.8 Å². The summed E-state index contributed by atoms with van der Waals surface area (Å²) in [6, 6.07) is 4.84. The van der Waals surface area contributed by atoms with E-state index >= 15 is 0 Å². The van der Waals surface area contributed by atoms with Crippen LogP contribution >= 0.6 is 11.6 Å². The van der Waals surface area contributed by atoms with E-state index in [-0.39, 0.29) is 18.3 Å². The number of ether oxygens (including phenoxy) is 2. The Labute approximate surface area is 126 Å². The molecule has 21 heavy (non-hydrogen) atoms. The van der Waals surface area contributed by atoms with E-state index < -0.39 is 6.10 Å². The molecule has 0 bridgehead atoms. The lowest BCUT2D eigenvalue weighted by molar-refractivity contribution is 0.00662. The molecule has 0 spiro atoms. The number of nitrogens with two attached hydrogens (primary N) is 1. The molecule has 0 radical (unpaired) electrons. The predicted molar refractivity (Wildman–Crippen MR) is 77.1 cm³/mol. The SMILES string of the molecule is COc1ccc(Cl)cc1C(=O)N1CCOC(C(N)=NO)C1. The van der Waals surface area contributed by atoms with Gasteiger partial charge in [-0.2, -0.15) is 0 Å². The highest BCUT2D eigenvalue weighted by Gasteiger charge is 2.29. The number of nitrogens with zero attached hydrogens (tertiary/aromatic N) is 2. The first kappa shape index (κ1) is 15.4. The van der Waals surface area contributed by atoms with E-state index in [9.17, 15) is 4.79 Å². The van der Waals surface area contributed by atoms with Crippen molar-refractivity contribution in [3.8, 4) is 5.75 Å². The molecular formula is C13H16ClN3O4. The van der Waals surface area contributed by atoms with Crippen molar-refractivity contribution in [2.24, 2.45) is 10.9 Å². The molecule has 1 aromatic carbocycles. The molecule has 1 aliphatic rings. The molecule has 0 saturated carbocycles. The Bertz CT molecular complexity index is 564. The summed E-state index contributed by atoms with van der Waals surface area (Å²) >= 11 is 5.94. The Kier molecular flexibility index (Phi) is 4.87. The number of halogens is 1. The highest BCUT2D eigenvalue weighted by atomic mass is 35.5. The van der Waals surface area contributed by atoms with Crippen LogP contribution in [0, 0.1) is 0 Å². The molecule has 114 valence electrons. The molecule has 1 atom stereocenters. The molecule has 3 N–H and O–H groups in total. The molecule has 1 amide bonds. The van der Waals surface area contributed by atoms with Gasteiger partial charge in [0.2, 0.25) is 0 Å². The lowest BCUT2D eigenvalue weighted by Gasteiger charge is -2.32. The third kappa shape index (κ3) is 3.37. The minimum absolute atomic E-state index is 0.0643. The molecular weight excluding hydrogens is 298 g/mol. The van der Waals surface area contributed by atoms with Crippen molar-refractivity contribution in [1.29, 1.82) is 0 Å². The van der Waals surface area contributed by atoms with Gasteiger partial charge >= 0.3 is 0 Å². The maximum atomic E-state index is 12.6. The summed E-state index contributed by atoms with van der Waals surface area (Å²) in [6.45, 7) is 0.906. The highest BCUT2D eigenvalue weighted by Crippen LogP contribution is 2.24. The fourth-order valence-electron chi connectivity index (χ4n) is 2.09. The molecule has 1 saturated heterocycles. The van der Waals surface area contributed by atoms with Crippen LogP contribution in [0.15, 0.2) is 23.4 Å². The average Bonchev–Trinajstić information content (AvgIpc) is 2.53. The molecule has 1 aliphatic heterocycles. The van der Waals surface area contributed by atoms with Crippen LogP contribution in [0.1, 0.15) is 10.4 Å².